The molecule has 0 atom stereocenters. The summed E-state index contributed by atoms with van der Waals surface area (Å²) in [6.07, 6.45) is 4.14. The second-order valence-corrected chi connectivity index (χ2v) is 14.7. The number of hydrogen-bond acceptors (Lipinski definition) is 3. The van der Waals surface area contributed by atoms with Gasteiger partial charge in [-0.05, 0) is 125 Å². The third-order valence-electron chi connectivity index (χ3n) is 10.9. The zero-order chi connectivity index (χ0) is 39.9. The Hall–Kier alpha value is -7.63. The molecule has 0 bridgehead atoms. The fraction of sp³-hybridized carbons (Fsp3) is 0.0185. The number of aromatic nitrogens is 3. The predicted octanol–water partition coefficient (Wildman–Crippen LogP) is 14.6. The summed E-state index contributed by atoms with van der Waals surface area (Å²) in [5, 5.41) is 3.01. The minimum Gasteiger partial charge on any atom is -0.248 e. The van der Waals surface area contributed by atoms with Gasteiger partial charge in [0.1, 0.15) is 11.6 Å². The third kappa shape index (κ3) is 6.93. The van der Waals surface area contributed by atoms with Crippen LogP contribution in [0.25, 0.3) is 106 Å². The van der Waals surface area contributed by atoms with Crippen LogP contribution in [0.5, 0.6) is 0 Å². The molecule has 59 heavy (non-hydrogen) atoms. The topological polar surface area (TPSA) is 38.7 Å². The lowest BCUT2D eigenvalue weighted by Gasteiger charge is -2.16. The van der Waals surface area contributed by atoms with Crippen LogP contribution in [0.4, 0.5) is 8.78 Å². The number of para-hydroxylation sites is 3. The summed E-state index contributed by atoms with van der Waals surface area (Å²) in [5.41, 5.74) is 14.5. The second kappa shape index (κ2) is 15.0. The van der Waals surface area contributed by atoms with Crippen molar-refractivity contribution in [2.24, 2.45) is 0 Å². The molecule has 0 N–H and O–H groups in total. The maximum absolute atomic E-state index is 14.2. The van der Waals surface area contributed by atoms with Gasteiger partial charge < -0.3 is 0 Å². The van der Waals surface area contributed by atoms with Crippen LogP contribution in [-0.2, 0) is 0 Å². The van der Waals surface area contributed by atoms with Crippen molar-refractivity contribution in [3.8, 4) is 67.2 Å². The quantitative estimate of drug-likeness (QED) is 0.162. The summed E-state index contributed by atoms with van der Waals surface area (Å²) in [5.74, 6) is -0.577. The third-order valence-corrected chi connectivity index (χ3v) is 10.9. The molecule has 3 heterocycles. The Bertz CT molecular complexity index is 3080. The Morgan fingerprint density at radius 1 is 0.356 bits per heavy atom. The molecule has 280 valence electrons. The molecule has 0 spiro atoms. The van der Waals surface area contributed by atoms with E-state index in [4.69, 9.17) is 15.0 Å². The molecule has 0 amide bonds. The monoisotopic (exact) mass is 763 g/mol. The molecule has 7 aromatic carbocycles. The van der Waals surface area contributed by atoms with Crippen LogP contribution in [0.15, 0.2) is 188 Å². The van der Waals surface area contributed by atoms with E-state index in [0.717, 1.165) is 105 Å². The standard InChI is InChI=1S/C54H35F2N3/c1-2-9-34-16-18-35(19-17-34)46-31-52(57-49-13-6-3-10-43(46)49)38-28-39(53-32-47(36-20-24-41(55)25-21-36)44-11-4-7-14-50(44)58-53)30-40(29-38)54-33-48(37-22-26-42(56)27-23-37)45-12-5-8-15-51(45)59-54/h2-33H,1H3. The predicted molar refractivity (Wildman–Crippen MR) is 240 cm³/mol. The lowest BCUT2D eigenvalue weighted by Crippen LogP contribution is -1.95. The smallest absolute Gasteiger partial charge is 0.123 e. The first kappa shape index (κ1) is 35.8. The van der Waals surface area contributed by atoms with Crippen molar-refractivity contribution in [1.82, 2.24) is 15.0 Å². The second-order valence-electron chi connectivity index (χ2n) is 14.7. The Kier molecular flexibility index (Phi) is 9.11. The molecule has 3 nitrogen and oxygen atoms in total. The maximum atomic E-state index is 14.2. The number of pyridine rings is 3. The first-order valence-corrected chi connectivity index (χ1v) is 19.6. The van der Waals surface area contributed by atoms with E-state index < -0.39 is 0 Å². The lowest BCUT2D eigenvalue weighted by atomic mass is 9.93. The molecule has 0 saturated carbocycles. The molecular weight excluding hydrogens is 729 g/mol. The molecule has 0 radical (unpaired) electrons. The molecular formula is C54H35F2N3. The van der Waals surface area contributed by atoms with Gasteiger partial charge in [0.05, 0.1) is 33.6 Å². The number of halogens is 2. The molecule has 10 aromatic rings. The fourth-order valence-corrected chi connectivity index (χ4v) is 7.98. The van der Waals surface area contributed by atoms with Gasteiger partial charge in [-0.1, -0.05) is 115 Å². The van der Waals surface area contributed by atoms with E-state index in [1.54, 1.807) is 0 Å². The lowest BCUT2D eigenvalue weighted by molar-refractivity contribution is 0.627. The van der Waals surface area contributed by atoms with Gasteiger partial charge >= 0.3 is 0 Å². The molecule has 5 heteroatoms. The van der Waals surface area contributed by atoms with Crippen molar-refractivity contribution in [1.29, 1.82) is 0 Å². The highest BCUT2D eigenvalue weighted by Crippen LogP contribution is 2.40. The Labute approximate surface area is 340 Å². The average Bonchev–Trinajstić information content (AvgIpc) is 3.28. The summed E-state index contributed by atoms with van der Waals surface area (Å²) in [6, 6.07) is 58.9. The molecule has 0 saturated heterocycles. The number of rotatable bonds is 7. The number of allylic oxidation sites excluding steroid dienone is 1. The Balaban J connectivity index is 1.23. The number of fused-ring (bicyclic) bond motifs is 3. The number of benzene rings is 7. The van der Waals surface area contributed by atoms with Crippen molar-refractivity contribution < 1.29 is 8.78 Å². The zero-order valence-corrected chi connectivity index (χ0v) is 32.1. The summed E-state index contributed by atoms with van der Waals surface area (Å²) in [4.78, 5) is 15.7. The van der Waals surface area contributed by atoms with Crippen LogP contribution in [0.2, 0.25) is 0 Å². The van der Waals surface area contributed by atoms with Gasteiger partial charge in [0.2, 0.25) is 0 Å². The highest BCUT2D eigenvalue weighted by Gasteiger charge is 2.17. The van der Waals surface area contributed by atoms with Gasteiger partial charge in [0.25, 0.3) is 0 Å². The first-order valence-electron chi connectivity index (χ1n) is 19.6. The van der Waals surface area contributed by atoms with E-state index >= 15 is 0 Å². The summed E-state index contributed by atoms with van der Waals surface area (Å²) >= 11 is 0. The van der Waals surface area contributed by atoms with Gasteiger partial charge in [-0.2, -0.15) is 0 Å². The minimum atomic E-state index is -0.288. The van der Waals surface area contributed by atoms with Crippen molar-refractivity contribution in [3.63, 3.8) is 0 Å². The van der Waals surface area contributed by atoms with E-state index in [1.807, 2.05) is 97.9 Å². The van der Waals surface area contributed by atoms with Crippen molar-refractivity contribution in [2.45, 2.75) is 6.92 Å². The molecule has 0 aliphatic heterocycles. The van der Waals surface area contributed by atoms with Crippen molar-refractivity contribution >= 4 is 38.8 Å². The van der Waals surface area contributed by atoms with Crippen LogP contribution in [0.1, 0.15) is 12.5 Å². The highest BCUT2D eigenvalue weighted by atomic mass is 19.1. The Morgan fingerprint density at radius 2 is 0.678 bits per heavy atom. The minimum absolute atomic E-state index is 0.288. The van der Waals surface area contributed by atoms with E-state index in [-0.39, 0.29) is 11.6 Å². The van der Waals surface area contributed by atoms with E-state index in [2.05, 4.69) is 78.9 Å². The van der Waals surface area contributed by atoms with Crippen LogP contribution >= 0.6 is 0 Å². The van der Waals surface area contributed by atoms with Crippen LogP contribution < -0.4 is 0 Å². The highest BCUT2D eigenvalue weighted by molar-refractivity contribution is 6.00. The number of hydrogen-bond donors (Lipinski definition) is 0. The molecule has 10 rings (SSSR count). The number of nitrogens with zero attached hydrogens (tertiary/aromatic N) is 3. The Morgan fingerprint density at radius 3 is 1.02 bits per heavy atom. The van der Waals surface area contributed by atoms with Gasteiger partial charge in [-0.25, -0.2) is 23.7 Å². The van der Waals surface area contributed by atoms with Crippen LogP contribution in [0.3, 0.4) is 0 Å². The van der Waals surface area contributed by atoms with Gasteiger partial charge in [0.15, 0.2) is 0 Å². The van der Waals surface area contributed by atoms with Gasteiger partial charge in [0, 0.05) is 32.8 Å². The molecule has 0 unspecified atom stereocenters. The van der Waals surface area contributed by atoms with Gasteiger partial charge in [-0.3, -0.25) is 0 Å². The van der Waals surface area contributed by atoms with Gasteiger partial charge in [-0.15, -0.1) is 0 Å². The van der Waals surface area contributed by atoms with Crippen LogP contribution in [0, 0.1) is 11.6 Å². The van der Waals surface area contributed by atoms with E-state index in [1.165, 1.54) is 24.3 Å². The van der Waals surface area contributed by atoms with Crippen LogP contribution in [-0.4, -0.2) is 15.0 Å². The molecule has 0 aliphatic rings. The zero-order valence-electron chi connectivity index (χ0n) is 32.1. The van der Waals surface area contributed by atoms with Crippen molar-refractivity contribution in [2.75, 3.05) is 0 Å². The largest absolute Gasteiger partial charge is 0.248 e. The molecule has 3 aromatic heterocycles. The summed E-state index contributed by atoms with van der Waals surface area (Å²) in [6.45, 7) is 2.02. The van der Waals surface area contributed by atoms with Crippen molar-refractivity contribution in [3.05, 3.63) is 205 Å². The van der Waals surface area contributed by atoms with E-state index in [9.17, 15) is 8.78 Å². The summed E-state index contributed by atoms with van der Waals surface area (Å²) < 4.78 is 28.3. The summed E-state index contributed by atoms with van der Waals surface area (Å²) in [7, 11) is 0. The fourth-order valence-electron chi connectivity index (χ4n) is 7.98. The molecule has 0 aliphatic carbocycles. The average molecular weight is 764 g/mol. The van der Waals surface area contributed by atoms with E-state index in [0.29, 0.717) is 0 Å². The first-order chi connectivity index (χ1) is 29.0. The molecule has 0 fully saturated rings. The SMILES string of the molecule is CC=Cc1ccc(-c2cc(-c3cc(-c4cc(-c5ccc(F)cc5)c5ccccc5n4)cc(-c4cc(-c5ccc(F)cc5)c5ccccc5n4)c3)nc3ccccc23)cc1. The maximum Gasteiger partial charge on any atom is 0.123 e. The normalized spacial score (nSPS) is 11.6.